The fourth-order valence-electron chi connectivity index (χ4n) is 1.55. The van der Waals surface area contributed by atoms with Crippen LogP contribution in [0.15, 0.2) is 41.8 Å². The highest BCUT2D eigenvalue weighted by atomic mass is 32.2. The predicted molar refractivity (Wildman–Crippen MR) is 68.2 cm³/mol. The summed E-state index contributed by atoms with van der Waals surface area (Å²) in [5.74, 6) is -0.685. The summed E-state index contributed by atoms with van der Waals surface area (Å²) in [6.45, 7) is 0.610. The number of nitrogens with one attached hydrogen (secondary N) is 1. The molecule has 1 aromatic heterocycles. The Hall–Kier alpha value is -1.93. The molecule has 0 spiro atoms. The first-order valence-electron chi connectivity index (χ1n) is 5.49. The number of benzene rings is 1. The van der Waals surface area contributed by atoms with Gasteiger partial charge in [0.15, 0.2) is 0 Å². The third-order valence-electron chi connectivity index (χ3n) is 2.43. The van der Waals surface area contributed by atoms with Crippen molar-refractivity contribution in [3.63, 3.8) is 0 Å². The number of hydrogen-bond acceptors (Lipinski definition) is 4. The second-order valence-corrected chi connectivity index (χ2v) is 5.69. The minimum absolute atomic E-state index is 0.0648. The fourth-order valence-corrected chi connectivity index (χ4v) is 2.64. The molecule has 0 aliphatic heterocycles. The van der Waals surface area contributed by atoms with Crippen LogP contribution < -0.4 is 10.5 Å². The van der Waals surface area contributed by atoms with Gasteiger partial charge >= 0.3 is 0 Å². The molecule has 8 heteroatoms. The average molecular weight is 284 g/mol. The Morgan fingerprint density at radius 2 is 2.16 bits per heavy atom. The van der Waals surface area contributed by atoms with Gasteiger partial charge in [-0.05, 0) is 18.2 Å². The van der Waals surface area contributed by atoms with Gasteiger partial charge in [0.05, 0.1) is 11.2 Å². The molecule has 0 radical (unpaired) electrons. The van der Waals surface area contributed by atoms with Crippen molar-refractivity contribution >= 4 is 15.7 Å². The molecule has 0 atom stereocenters. The highest BCUT2D eigenvalue weighted by Crippen LogP contribution is 2.15. The van der Waals surface area contributed by atoms with Crippen molar-refractivity contribution in [1.29, 1.82) is 0 Å². The molecule has 0 saturated heterocycles. The molecule has 19 heavy (non-hydrogen) atoms. The summed E-state index contributed by atoms with van der Waals surface area (Å²) < 4.78 is 41.0. The largest absolute Gasteiger partial charge is 0.399 e. The summed E-state index contributed by atoms with van der Waals surface area (Å²) in [7, 11) is -3.76. The lowest BCUT2D eigenvalue weighted by Gasteiger charge is -2.08. The number of hydrogen-bond donors (Lipinski definition) is 2. The van der Waals surface area contributed by atoms with Crippen molar-refractivity contribution in [2.75, 3.05) is 12.3 Å². The van der Waals surface area contributed by atoms with Crippen molar-refractivity contribution in [2.24, 2.45) is 0 Å². The van der Waals surface area contributed by atoms with E-state index in [1.54, 1.807) is 23.3 Å². The van der Waals surface area contributed by atoms with Crippen LogP contribution in [0.25, 0.3) is 0 Å². The number of anilines is 1. The zero-order valence-corrected chi connectivity index (χ0v) is 10.8. The number of aromatic nitrogens is 2. The topological polar surface area (TPSA) is 90.0 Å². The zero-order valence-electron chi connectivity index (χ0n) is 9.95. The summed E-state index contributed by atoms with van der Waals surface area (Å²) in [5, 5.41) is 0. The molecule has 102 valence electrons. The molecule has 0 aliphatic rings. The average Bonchev–Trinajstić information content (AvgIpc) is 2.80. The Morgan fingerprint density at radius 1 is 1.37 bits per heavy atom. The molecule has 3 N–H and O–H groups in total. The molecule has 2 aromatic rings. The molecule has 0 amide bonds. The van der Waals surface area contributed by atoms with E-state index in [9.17, 15) is 12.8 Å². The number of nitrogens with zero attached hydrogens (tertiary/aromatic N) is 2. The highest BCUT2D eigenvalue weighted by molar-refractivity contribution is 7.89. The van der Waals surface area contributed by atoms with Gasteiger partial charge in [-0.25, -0.2) is 22.5 Å². The van der Waals surface area contributed by atoms with Crippen LogP contribution >= 0.6 is 0 Å². The lowest BCUT2D eigenvalue weighted by atomic mass is 10.3. The van der Waals surface area contributed by atoms with E-state index in [0.717, 1.165) is 12.1 Å². The van der Waals surface area contributed by atoms with Crippen molar-refractivity contribution in [1.82, 2.24) is 14.3 Å². The molecule has 0 bridgehead atoms. The third-order valence-corrected chi connectivity index (χ3v) is 3.87. The van der Waals surface area contributed by atoms with Gasteiger partial charge in [-0.3, -0.25) is 0 Å². The second-order valence-electron chi connectivity index (χ2n) is 3.92. The van der Waals surface area contributed by atoms with E-state index >= 15 is 0 Å². The van der Waals surface area contributed by atoms with Crippen LogP contribution in [0.2, 0.25) is 0 Å². The standard InChI is InChI=1S/C11H13FN4O2S/c12-9-5-10(13)7-11(6-9)19(17,18)15-2-4-16-3-1-14-8-16/h1,3,5-8,15H,2,4,13H2. The van der Waals surface area contributed by atoms with Gasteiger partial charge in [0, 0.05) is 31.2 Å². The summed E-state index contributed by atoms with van der Waals surface area (Å²) in [6, 6.07) is 3.20. The summed E-state index contributed by atoms with van der Waals surface area (Å²) in [5.41, 5.74) is 5.48. The normalized spacial score (nSPS) is 11.6. The van der Waals surface area contributed by atoms with Gasteiger partial charge in [0.1, 0.15) is 5.82 Å². The van der Waals surface area contributed by atoms with Crippen LogP contribution in [0.4, 0.5) is 10.1 Å². The van der Waals surface area contributed by atoms with Crippen molar-refractivity contribution in [3.05, 3.63) is 42.7 Å². The monoisotopic (exact) mass is 284 g/mol. The van der Waals surface area contributed by atoms with E-state index in [0.29, 0.717) is 6.54 Å². The van der Waals surface area contributed by atoms with Crippen LogP contribution in [-0.2, 0) is 16.6 Å². The van der Waals surface area contributed by atoms with E-state index in [1.165, 1.54) is 6.07 Å². The summed E-state index contributed by atoms with van der Waals surface area (Å²) in [6.07, 6.45) is 4.89. The van der Waals surface area contributed by atoms with Crippen LogP contribution in [-0.4, -0.2) is 24.5 Å². The Bertz CT molecular complexity index is 635. The van der Waals surface area contributed by atoms with Crippen LogP contribution in [0.5, 0.6) is 0 Å². The van der Waals surface area contributed by atoms with Crippen LogP contribution in [0, 0.1) is 5.82 Å². The number of imidazole rings is 1. The van der Waals surface area contributed by atoms with Gasteiger partial charge in [0.25, 0.3) is 0 Å². The van der Waals surface area contributed by atoms with Gasteiger partial charge in [-0.15, -0.1) is 0 Å². The number of sulfonamides is 1. The van der Waals surface area contributed by atoms with Crippen LogP contribution in [0.3, 0.4) is 0 Å². The second kappa shape index (κ2) is 5.37. The maximum Gasteiger partial charge on any atom is 0.240 e. The summed E-state index contributed by atoms with van der Waals surface area (Å²) in [4.78, 5) is 3.65. The van der Waals surface area contributed by atoms with Gasteiger partial charge in [0.2, 0.25) is 10.0 Å². The first-order chi connectivity index (χ1) is 8.97. The first-order valence-corrected chi connectivity index (χ1v) is 6.97. The van der Waals surface area contributed by atoms with Crippen LogP contribution in [0.1, 0.15) is 0 Å². The molecule has 1 heterocycles. The number of nitrogens with two attached hydrogens (primary N) is 1. The minimum atomic E-state index is -3.76. The first kappa shape index (κ1) is 13.5. The van der Waals surface area contributed by atoms with Crippen molar-refractivity contribution < 1.29 is 12.8 Å². The van der Waals surface area contributed by atoms with E-state index < -0.39 is 15.8 Å². The molecule has 0 unspecified atom stereocenters. The highest BCUT2D eigenvalue weighted by Gasteiger charge is 2.15. The summed E-state index contributed by atoms with van der Waals surface area (Å²) >= 11 is 0. The van der Waals surface area contributed by atoms with Crippen molar-refractivity contribution in [3.8, 4) is 0 Å². The Morgan fingerprint density at radius 3 is 2.79 bits per heavy atom. The molecule has 0 aliphatic carbocycles. The molecule has 2 rings (SSSR count). The minimum Gasteiger partial charge on any atom is -0.399 e. The smallest absolute Gasteiger partial charge is 0.240 e. The fraction of sp³-hybridized carbons (Fsp3) is 0.182. The number of halogens is 1. The van der Waals surface area contributed by atoms with Gasteiger partial charge in [-0.2, -0.15) is 0 Å². The van der Waals surface area contributed by atoms with Crippen molar-refractivity contribution in [2.45, 2.75) is 11.4 Å². The van der Waals surface area contributed by atoms with E-state index in [4.69, 9.17) is 5.73 Å². The van der Waals surface area contributed by atoms with E-state index in [2.05, 4.69) is 9.71 Å². The quantitative estimate of drug-likeness (QED) is 0.786. The number of rotatable bonds is 5. The maximum atomic E-state index is 13.1. The van der Waals surface area contributed by atoms with Gasteiger partial charge in [-0.1, -0.05) is 0 Å². The third kappa shape index (κ3) is 3.52. The Kier molecular flexibility index (Phi) is 3.82. The molecule has 0 fully saturated rings. The lowest BCUT2D eigenvalue weighted by molar-refractivity contribution is 0.570. The maximum absolute atomic E-state index is 13.1. The number of nitrogen functional groups attached to an aromatic ring is 1. The molecule has 1 aromatic carbocycles. The van der Waals surface area contributed by atoms with Gasteiger partial charge < -0.3 is 10.3 Å². The zero-order chi connectivity index (χ0) is 13.9. The Balaban J connectivity index is 2.05. The molecule has 0 saturated carbocycles. The molecular weight excluding hydrogens is 271 g/mol. The molecular formula is C11H13FN4O2S. The SMILES string of the molecule is Nc1cc(F)cc(S(=O)(=O)NCCn2ccnc2)c1. The van der Waals surface area contributed by atoms with E-state index in [1.807, 2.05) is 0 Å². The predicted octanol–water partition coefficient (Wildman–Crippen LogP) is 0.583. The van der Waals surface area contributed by atoms with E-state index in [-0.39, 0.29) is 17.1 Å². The molecule has 6 nitrogen and oxygen atoms in total. The lowest BCUT2D eigenvalue weighted by Crippen LogP contribution is -2.27. The Labute approximate surface area is 110 Å².